The van der Waals surface area contributed by atoms with Crippen LogP contribution in [0.2, 0.25) is 10.0 Å². The maximum absolute atomic E-state index is 12.6. The first-order valence-corrected chi connectivity index (χ1v) is 14.9. The fraction of sp³-hybridized carbons (Fsp3) is 0.333. The molecule has 1 heterocycles. The molecule has 9 nitrogen and oxygen atoms in total. The number of anilines is 1. The van der Waals surface area contributed by atoms with Gasteiger partial charge in [-0.2, -0.15) is 0 Å². The summed E-state index contributed by atoms with van der Waals surface area (Å²) < 4.78 is 9.51. The number of hydrogen-bond donors (Lipinski definition) is 4. The minimum atomic E-state index is -0.400. The number of nitrogens with one attached hydrogen (secondary N) is 3. The van der Waals surface area contributed by atoms with Crippen LogP contribution in [-0.2, 0) is 14.3 Å². The summed E-state index contributed by atoms with van der Waals surface area (Å²) in [5.74, 6) is 0.197. The largest absolute Gasteiger partial charge is 1.00 e. The maximum atomic E-state index is 12.6. The van der Waals surface area contributed by atoms with Crippen LogP contribution < -0.4 is 95.3 Å². The molecule has 1 atom stereocenters. The Morgan fingerprint density at radius 1 is 0.956 bits per heavy atom. The minimum Gasteiger partial charge on any atom is -0.493 e. The molecule has 12 heteroatoms. The van der Waals surface area contributed by atoms with Gasteiger partial charge in [-0.15, -0.1) is 0 Å². The van der Waals surface area contributed by atoms with Crippen LogP contribution in [0.3, 0.4) is 0 Å². The number of amides is 2. The van der Waals surface area contributed by atoms with Gasteiger partial charge in [0.05, 0.1) is 35.9 Å². The molecule has 1 aliphatic rings. The third-order valence-electron chi connectivity index (χ3n) is 5.79. The number of benzene rings is 3. The molecule has 242 valence electrons. The molecule has 0 radical (unpaired) electrons. The molecule has 3 aromatic rings. The Labute approximate surface area is 337 Å². The van der Waals surface area contributed by atoms with E-state index in [1.807, 2.05) is 70.2 Å². The SMILES string of the molecule is CC.CC.COC=O.Nc1ccc2c(c1)C(NCC(=O)NCCNC(=O)c1c(Cl)cc(-c3ccccc3)cc1Cl)CCO2.[CH3-].[Cs+]. The summed E-state index contributed by atoms with van der Waals surface area (Å²) in [7, 11) is 1.31. The number of nitrogens with two attached hydrogens (primary N) is 1. The van der Waals surface area contributed by atoms with Crippen molar-refractivity contribution in [1.82, 2.24) is 16.0 Å². The Balaban J connectivity index is 0. The number of ether oxygens (including phenoxy) is 2. The predicted molar refractivity (Wildman–Crippen MR) is 181 cm³/mol. The molecule has 0 aromatic heterocycles. The molecular weight excluding hydrogens is 736 g/mol. The van der Waals surface area contributed by atoms with Crippen molar-refractivity contribution in [1.29, 1.82) is 0 Å². The fourth-order valence-electron chi connectivity index (χ4n) is 3.96. The Morgan fingerprint density at radius 3 is 2.11 bits per heavy atom. The van der Waals surface area contributed by atoms with Crippen molar-refractivity contribution in [3.05, 3.63) is 89.3 Å². The molecule has 0 fully saturated rings. The van der Waals surface area contributed by atoms with Gasteiger partial charge in [0.2, 0.25) is 5.91 Å². The van der Waals surface area contributed by atoms with Crippen LogP contribution in [0.15, 0.2) is 60.7 Å². The van der Waals surface area contributed by atoms with Gasteiger partial charge in [0.1, 0.15) is 5.75 Å². The van der Waals surface area contributed by atoms with Gasteiger partial charge in [0.15, 0.2) is 0 Å². The first kappa shape index (κ1) is 45.4. The Kier molecular flexibility index (Phi) is 26.6. The van der Waals surface area contributed by atoms with Crippen molar-refractivity contribution < 1.29 is 92.8 Å². The summed E-state index contributed by atoms with van der Waals surface area (Å²) in [5.41, 5.74) is 9.47. The van der Waals surface area contributed by atoms with Crippen molar-refractivity contribution in [3.63, 3.8) is 0 Å². The average Bonchev–Trinajstić information content (AvgIpc) is 3.04. The smallest absolute Gasteiger partial charge is 0.493 e. The van der Waals surface area contributed by atoms with Crippen LogP contribution in [0, 0.1) is 7.43 Å². The van der Waals surface area contributed by atoms with E-state index in [0.29, 0.717) is 18.8 Å². The molecule has 5 N–H and O–H groups in total. The molecule has 1 aliphatic heterocycles. The van der Waals surface area contributed by atoms with Crippen molar-refractivity contribution in [2.75, 3.05) is 39.1 Å². The zero-order valence-corrected chi connectivity index (χ0v) is 35.1. The van der Waals surface area contributed by atoms with E-state index in [0.717, 1.165) is 28.9 Å². The number of halogens is 2. The number of carbonyl (C=O) groups excluding carboxylic acids is 3. The number of rotatable bonds is 9. The molecule has 0 bridgehead atoms. The van der Waals surface area contributed by atoms with Gasteiger partial charge in [0.25, 0.3) is 12.4 Å². The summed E-state index contributed by atoms with van der Waals surface area (Å²) in [6.07, 6.45) is 0.740. The van der Waals surface area contributed by atoms with E-state index in [1.165, 1.54) is 7.11 Å². The maximum Gasteiger partial charge on any atom is 1.00 e. The Bertz CT molecular complexity index is 1280. The Hall–Kier alpha value is -1.74. The van der Waals surface area contributed by atoms with Gasteiger partial charge in [-0.25, -0.2) is 0 Å². The van der Waals surface area contributed by atoms with Gasteiger partial charge in [0, 0.05) is 36.8 Å². The Morgan fingerprint density at radius 2 is 1.53 bits per heavy atom. The topological polar surface area (TPSA) is 132 Å². The zero-order chi connectivity index (χ0) is 32.2. The normalized spacial score (nSPS) is 12.0. The molecule has 1 unspecified atom stereocenters. The molecule has 4 rings (SSSR count). The minimum absolute atomic E-state index is 0. The zero-order valence-electron chi connectivity index (χ0n) is 27.3. The standard InChI is InChI=1S/C26H26Cl2N4O3.C2H4O2.2C2H6.CH3.Cs/c27-20-12-17(16-4-2-1-3-5-16)13-21(28)25(20)26(34)31-10-9-30-24(33)15-32-22-8-11-35-23-7-6-18(29)14-19(22)23;1-4-2-3;2*1-2;;/h1-7,12-14,22,32H,8-11,15,29H2,(H,30,33)(H,31,34);2H,1H3;2*1-2H3;1H3;/q;;;;-1;+1. The molecule has 0 saturated carbocycles. The third kappa shape index (κ3) is 15.6. The van der Waals surface area contributed by atoms with Crippen LogP contribution in [0.1, 0.15) is 56.1 Å². The van der Waals surface area contributed by atoms with E-state index in [2.05, 4.69) is 20.7 Å². The van der Waals surface area contributed by atoms with Gasteiger partial charge in [-0.1, -0.05) is 81.2 Å². The van der Waals surface area contributed by atoms with E-state index < -0.39 is 5.91 Å². The number of fused-ring (bicyclic) bond motifs is 1. The summed E-state index contributed by atoms with van der Waals surface area (Å²) in [4.78, 5) is 33.9. The molecule has 2 amide bonds. The number of carbonyl (C=O) groups is 3. The predicted octanol–water partition coefficient (Wildman–Crippen LogP) is 3.50. The number of hydrogen-bond acceptors (Lipinski definition) is 7. The fourth-order valence-corrected chi connectivity index (χ4v) is 4.62. The van der Waals surface area contributed by atoms with Gasteiger partial charge >= 0.3 is 68.9 Å². The molecule has 0 aliphatic carbocycles. The van der Waals surface area contributed by atoms with E-state index in [4.69, 9.17) is 38.5 Å². The first-order chi connectivity index (χ1) is 20.8. The summed E-state index contributed by atoms with van der Waals surface area (Å²) >= 11 is 12.7. The number of nitrogen functional groups attached to an aromatic ring is 1. The average molecular weight is 782 g/mol. The molecule has 3 aromatic carbocycles. The second-order valence-corrected chi connectivity index (χ2v) is 9.30. The van der Waals surface area contributed by atoms with Crippen molar-refractivity contribution in [2.24, 2.45) is 0 Å². The van der Waals surface area contributed by atoms with E-state index in [1.54, 1.807) is 18.2 Å². The van der Waals surface area contributed by atoms with Crippen LogP contribution in [0.25, 0.3) is 11.1 Å². The van der Waals surface area contributed by atoms with Crippen LogP contribution >= 0.6 is 23.2 Å². The first-order valence-electron chi connectivity index (χ1n) is 14.2. The van der Waals surface area contributed by atoms with Crippen molar-refractivity contribution >= 4 is 47.2 Å². The molecule has 0 spiro atoms. The second kappa shape index (κ2) is 26.3. The van der Waals surface area contributed by atoms with Gasteiger partial charge in [-0.05, 0) is 41.5 Å². The monoisotopic (exact) mass is 780 g/mol. The summed E-state index contributed by atoms with van der Waals surface area (Å²) in [6, 6.07) is 18.5. The number of methoxy groups -OCH3 is 1. The van der Waals surface area contributed by atoms with Gasteiger partial charge < -0.3 is 38.6 Å². The quantitative estimate of drug-likeness (QED) is 0.113. The summed E-state index contributed by atoms with van der Waals surface area (Å²) in [6.45, 7) is 9.57. The summed E-state index contributed by atoms with van der Waals surface area (Å²) in [5, 5.41) is 9.30. The van der Waals surface area contributed by atoms with Crippen LogP contribution in [0.5, 0.6) is 5.75 Å². The van der Waals surface area contributed by atoms with E-state index in [-0.39, 0.29) is 124 Å². The van der Waals surface area contributed by atoms with Crippen LogP contribution in [0.4, 0.5) is 5.69 Å². The molecule has 0 saturated heterocycles. The van der Waals surface area contributed by atoms with Gasteiger partial charge in [-0.3, -0.25) is 14.4 Å². The van der Waals surface area contributed by atoms with E-state index >= 15 is 0 Å². The van der Waals surface area contributed by atoms with Crippen LogP contribution in [-0.4, -0.2) is 51.6 Å². The second-order valence-electron chi connectivity index (χ2n) is 8.49. The van der Waals surface area contributed by atoms with Crippen molar-refractivity contribution in [2.45, 2.75) is 40.2 Å². The molecule has 45 heavy (non-hydrogen) atoms. The van der Waals surface area contributed by atoms with E-state index in [9.17, 15) is 9.59 Å². The van der Waals surface area contributed by atoms with Crippen molar-refractivity contribution in [3.8, 4) is 16.9 Å². The third-order valence-corrected chi connectivity index (χ3v) is 6.38. The molecular formula is C33H45Cl2CsN4O5.